The molecule has 0 atom stereocenters. The quantitative estimate of drug-likeness (QED) is 0.272. The highest BCUT2D eigenvalue weighted by Gasteiger charge is 2.21. The normalized spacial score (nSPS) is 14.0. The third-order valence-electron chi connectivity index (χ3n) is 6.59. The van der Waals surface area contributed by atoms with Crippen LogP contribution >= 0.6 is 0 Å². The van der Waals surface area contributed by atoms with Crippen molar-refractivity contribution in [1.29, 1.82) is 0 Å². The van der Waals surface area contributed by atoms with Crippen molar-refractivity contribution in [1.82, 2.24) is 9.55 Å². The summed E-state index contributed by atoms with van der Waals surface area (Å²) in [6, 6.07) is 32.0. The summed E-state index contributed by atoms with van der Waals surface area (Å²) < 4.78 is 2.38. The average Bonchev–Trinajstić information content (AvgIpc) is 3.11. The Kier molecular flexibility index (Phi) is 5.11. The largest absolute Gasteiger partial charge is 0.310 e. The number of hydrogen-bond donors (Lipinski definition) is 0. The summed E-state index contributed by atoms with van der Waals surface area (Å²) in [6.07, 6.45) is 12.8. The SMILES string of the molecule is CC1(C)C=Cc2c(n(-c3ccccc3)c3cc(N(c4ccccc4)c4ccncc4)ccc23)C=C1. The van der Waals surface area contributed by atoms with Crippen LogP contribution in [0.1, 0.15) is 25.1 Å². The lowest BCUT2D eigenvalue weighted by Crippen LogP contribution is -2.10. The molecule has 2 heterocycles. The van der Waals surface area contributed by atoms with E-state index in [1.165, 1.54) is 22.2 Å². The summed E-state index contributed by atoms with van der Waals surface area (Å²) in [6.45, 7) is 4.48. The molecule has 0 spiro atoms. The molecular formula is C32H27N3. The predicted molar refractivity (Wildman–Crippen MR) is 148 cm³/mol. The van der Waals surface area contributed by atoms with Crippen molar-refractivity contribution in [3.05, 3.63) is 127 Å². The van der Waals surface area contributed by atoms with Crippen LogP contribution in [0.2, 0.25) is 0 Å². The third-order valence-corrected chi connectivity index (χ3v) is 6.59. The first-order chi connectivity index (χ1) is 17.1. The van der Waals surface area contributed by atoms with Gasteiger partial charge in [-0.05, 0) is 54.6 Å². The zero-order valence-electron chi connectivity index (χ0n) is 20.0. The average molecular weight is 454 g/mol. The Balaban J connectivity index is 1.63. The van der Waals surface area contributed by atoms with Crippen LogP contribution in [0.3, 0.4) is 0 Å². The van der Waals surface area contributed by atoms with E-state index in [4.69, 9.17) is 0 Å². The van der Waals surface area contributed by atoms with Crippen molar-refractivity contribution in [2.24, 2.45) is 5.41 Å². The number of benzene rings is 3. The van der Waals surface area contributed by atoms with Crippen molar-refractivity contribution in [3.63, 3.8) is 0 Å². The molecule has 0 radical (unpaired) electrons. The molecular weight excluding hydrogens is 426 g/mol. The summed E-state index contributed by atoms with van der Waals surface area (Å²) in [5.41, 5.74) is 8.11. The van der Waals surface area contributed by atoms with Crippen molar-refractivity contribution in [3.8, 4) is 5.69 Å². The Morgan fingerprint density at radius 2 is 1.34 bits per heavy atom. The molecule has 3 nitrogen and oxygen atoms in total. The summed E-state index contributed by atoms with van der Waals surface area (Å²) in [7, 11) is 0. The highest BCUT2D eigenvalue weighted by atomic mass is 15.1. The second kappa shape index (κ2) is 8.44. The Hall–Kier alpha value is -4.37. The predicted octanol–water partition coefficient (Wildman–Crippen LogP) is 8.56. The molecule has 1 aliphatic rings. The number of anilines is 3. The fourth-order valence-electron chi connectivity index (χ4n) is 4.82. The van der Waals surface area contributed by atoms with Gasteiger partial charge >= 0.3 is 0 Å². The number of nitrogens with zero attached hydrogens (tertiary/aromatic N) is 3. The van der Waals surface area contributed by atoms with Crippen LogP contribution in [0.15, 0.2) is 116 Å². The first-order valence-electron chi connectivity index (χ1n) is 12.0. The first kappa shape index (κ1) is 21.2. The van der Waals surface area contributed by atoms with Crippen molar-refractivity contribution in [2.75, 3.05) is 4.90 Å². The molecule has 3 heteroatoms. The minimum absolute atomic E-state index is 0.0122. The lowest BCUT2D eigenvalue weighted by atomic mass is 9.93. The van der Waals surface area contributed by atoms with E-state index in [0.717, 1.165) is 22.7 Å². The van der Waals surface area contributed by atoms with Crippen LogP contribution in [0.25, 0.3) is 28.7 Å². The number of fused-ring (bicyclic) bond motifs is 3. The van der Waals surface area contributed by atoms with Gasteiger partial charge in [-0.2, -0.15) is 0 Å². The van der Waals surface area contributed by atoms with Crippen molar-refractivity contribution >= 4 is 40.1 Å². The highest BCUT2D eigenvalue weighted by molar-refractivity contribution is 5.98. The van der Waals surface area contributed by atoms with Gasteiger partial charge in [0.1, 0.15) is 0 Å². The van der Waals surface area contributed by atoms with Gasteiger partial charge in [-0.1, -0.05) is 74.5 Å². The van der Waals surface area contributed by atoms with E-state index in [1.54, 1.807) is 0 Å². The van der Waals surface area contributed by atoms with Crippen molar-refractivity contribution in [2.45, 2.75) is 13.8 Å². The van der Waals surface area contributed by atoms with E-state index in [1.807, 2.05) is 12.4 Å². The molecule has 35 heavy (non-hydrogen) atoms. The van der Waals surface area contributed by atoms with Crippen LogP contribution in [0.4, 0.5) is 17.1 Å². The van der Waals surface area contributed by atoms with Gasteiger partial charge in [0.25, 0.3) is 0 Å². The Morgan fingerprint density at radius 1 is 0.686 bits per heavy atom. The molecule has 0 saturated carbocycles. The number of pyridine rings is 1. The number of rotatable bonds is 4. The van der Waals surface area contributed by atoms with E-state index in [-0.39, 0.29) is 5.41 Å². The first-order valence-corrected chi connectivity index (χ1v) is 12.0. The van der Waals surface area contributed by atoms with Gasteiger partial charge in [-0.3, -0.25) is 4.98 Å². The second-order valence-electron chi connectivity index (χ2n) is 9.54. The molecule has 3 aromatic carbocycles. The fraction of sp³-hybridized carbons (Fsp3) is 0.0938. The van der Waals surface area contributed by atoms with E-state index in [9.17, 15) is 0 Å². The highest BCUT2D eigenvalue weighted by Crippen LogP contribution is 2.40. The van der Waals surface area contributed by atoms with Gasteiger partial charge in [0.05, 0.1) is 11.2 Å². The zero-order chi connectivity index (χ0) is 23.8. The molecule has 0 aliphatic heterocycles. The number of para-hydroxylation sites is 2. The van der Waals surface area contributed by atoms with E-state index in [2.05, 4.69) is 144 Å². The second-order valence-corrected chi connectivity index (χ2v) is 9.54. The molecule has 5 aromatic rings. The summed E-state index contributed by atoms with van der Waals surface area (Å²) in [5.74, 6) is 0. The van der Waals surface area contributed by atoms with Crippen LogP contribution in [-0.4, -0.2) is 9.55 Å². The van der Waals surface area contributed by atoms with Gasteiger partial charge in [0, 0.05) is 51.5 Å². The van der Waals surface area contributed by atoms with E-state index < -0.39 is 0 Å². The molecule has 170 valence electrons. The lowest BCUT2D eigenvalue weighted by Gasteiger charge is -2.25. The topological polar surface area (TPSA) is 21.1 Å². The molecule has 0 unspecified atom stereocenters. The molecule has 2 aromatic heterocycles. The van der Waals surface area contributed by atoms with Gasteiger partial charge in [0.2, 0.25) is 0 Å². The maximum absolute atomic E-state index is 4.24. The van der Waals surface area contributed by atoms with Gasteiger partial charge in [-0.25, -0.2) is 0 Å². The third kappa shape index (κ3) is 3.85. The van der Waals surface area contributed by atoms with Crippen LogP contribution in [0.5, 0.6) is 0 Å². The standard InChI is InChI=1S/C32H27N3/c1-32(2)19-15-29-28-14-13-27(34(24-9-5-3-6-10-24)26-17-21-33-22-18-26)23-31(28)35(30(29)16-20-32)25-11-7-4-8-12-25/h3-23H,1-2H3. The molecule has 6 rings (SSSR count). The molecule has 0 amide bonds. The van der Waals surface area contributed by atoms with E-state index >= 15 is 0 Å². The minimum Gasteiger partial charge on any atom is -0.310 e. The van der Waals surface area contributed by atoms with Crippen LogP contribution < -0.4 is 4.90 Å². The number of hydrogen-bond acceptors (Lipinski definition) is 2. The Morgan fingerprint density at radius 3 is 2.09 bits per heavy atom. The number of aromatic nitrogens is 2. The maximum Gasteiger partial charge on any atom is 0.0561 e. The zero-order valence-corrected chi connectivity index (χ0v) is 20.0. The Labute approximate surface area is 206 Å². The fourth-order valence-corrected chi connectivity index (χ4v) is 4.82. The molecule has 0 bridgehead atoms. The lowest BCUT2D eigenvalue weighted by molar-refractivity contribution is 0.633. The molecule has 1 aliphatic carbocycles. The van der Waals surface area contributed by atoms with Crippen LogP contribution in [-0.2, 0) is 0 Å². The molecule has 0 fully saturated rings. The Bertz CT molecular complexity index is 1500. The van der Waals surface area contributed by atoms with Gasteiger partial charge in [0.15, 0.2) is 0 Å². The maximum atomic E-state index is 4.24. The van der Waals surface area contributed by atoms with Gasteiger partial charge in [-0.15, -0.1) is 0 Å². The smallest absolute Gasteiger partial charge is 0.0561 e. The monoisotopic (exact) mass is 453 g/mol. The van der Waals surface area contributed by atoms with Crippen molar-refractivity contribution < 1.29 is 0 Å². The van der Waals surface area contributed by atoms with E-state index in [0.29, 0.717) is 0 Å². The summed E-state index contributed by atoms with van der Waals surface area (Å²) in [4.78, 5) is 6.52. The summed E-state index contributed by atoms with van der Waals surface area (Å²) in [5, 5.41) is 1.24. The minimum atomic E-state index is 0.0122. The molecule has 0 saturated heterocycles. The summed E-state index contributed by atoms with van der Waals surface area (Å²) >= 11 is 0. The molecule has 0 N–H and O–H groups in total. The number of allylic oxidation sites excluding steroid dienone is 2. The van der Waals surface area contributed by atoms with Crippen LogP contribution in [0, 0.1) is 5.41 Å². The van der Waals surface area contributed by atoms with Gasteiger partial charge < -0.3 is 9.47 Å².